The predicted molar refractivity (Wildman–Crippen MR) is 237 cm³/mol. The smallest absolute Gasteiger partial charge is 0.335 e. The maximum atomic E-state index is 12.5. The van der Waals surface area contributed by atoms with Gasteiger partial charge in [0.15, 0.2) is 0 Å². The van der Waals surface area contributed by atoms with Crippen molar-refractivity contribution in [1.82, 2.24) is 0 Å². The molecule has 0 radical (unpaired) electrons. The Bertz CT molecular complexity index is 1420. The molecule has 13 heteroatoms. The van der Waals surface area contributed by atoms with Crippen molar-refractivity contribution in [2.75, 3.05) is 6.61 Å². The summed E-state index contributed by atoms with van der Waals surface area (Å²) in [6.45, 7) is 45.1. The van der Waals surface area contributed by atoms with E-state index < -0.39 is 64.0 Å². The summed E-state index contributed by atoms with van der Waals surface area (Å²) in [4.78, 5) is 0. The fourth-order valence-corrected chi connectivity index (χ4v) is 33.1. The Hall–Kier alpha value is -0.592. The molecule has 324 valence electrons. The van der Waals surface area contributed by atoms with Crippen LogP contribution in [0, 0.1) is 0 Å². The minimum Gasteiger partial charge on any atom is -0.543 e. The van der Waals surface area contributed by atoms with Crippen molar-refractivity contribution in [2.45, 2.75) is 231 Å². The van der Waals surface area contributed by atoms with Crippen LogP contribution in [0.15, 0.2) is 12.1 Å². The number of fused-ring (bicyclic) bond motifs is 3. The first kappa shape index (κ1) is 48.1. The lowest BCUT2D eigenvalue weighted by atomic mass is 9.87. The molecule has 4 rings (SSSR count). The molecular weight excluding hydrogens is 773 g/mol. The Labute approximate surface area is 346 Å². The summed E-state index contributed by atoms with van der Waals surface area (Å²) in [5, 5.41) is 24.9. The average molecular weight is 855 g/mol. The summed E-state index contributed by atoms with van der Waals surface area (Å²) < 4.78 is 50.6. The zero-order chi connectivity index (χ0) is 42.7. The lowest BCUT2D eigenvalue weighted by molar-refractivity contribution is -0.368. The van der Waals surface area contributed by atoms with E-state index in [2.05, 4.69) is 151 Å². The quantitative estimate of drug-likeness (QED) is 0.177. The Morgan fingerprint density at radius 2 is 1.09 bits per heavy atom. The van der Waals surface area contributed by atoms with Gasteiger partial charge in [-0.3, -0.25) is 0 Å². The average Bonchev–Trinajstić information content (AvgIpc) is 3.43. The number of hydrogen-bond acceptors (Lipinski definition) is 9. The normalized spacial score (nSPS) is 27.1. The molecule has 2 saturated heterocycles. The van der Waals surface area contributed by atoms with Crippen LogP contribution >= 0.6 is 0 Å². The highest BCUT2D eigenvalue weighted by molar-refractivity contribution is 6.84. The first-order valence-electron chi connectivity index (χ1n) is 22.0. The maximum Gasteiger partial charge on any atom is 0.335 e. The molecule has 1 aromatic carbocycles. The summed E-state index contributed by atoms with van der Waals surface area (Å²) in [6.07, 6.45) is -4.46. The van der Waals surface area contributed by atoms with Gasteiger partial charge in [-0.2, -0.15) is 0 Å². The lowest BCUT2D eigenvalue weighted by Crippen LogP contribution is -2.71. The van der Waals surface area contributed by atoms with Crippen molar-refractivity contribution in [3.8, 4) is 11.5 Å². The third-order valence-electron chi connectivity index (χ3n) is 14.0. The fourth-order valence-electron chi connectivity index (χ4n) is 11.4. The highest BCUT2D eigenvalue weighted by atomic mass is 28.5. The molecular formula is C43H82O9Si4. The van der Waals surface area contributed by atoms with Gasteiger partial charge in [0.2, 0.25) is 5.79 Å². The summed E-state index contributed by atoms with van der Waals surface area (Å²) in [5.74, 6) is -0.322. The summed E-state index contributed by atoms with van der Waals surface area (Å²) in [5.41, 5.74) is 3.84. The third-order valence-corrected chi connectivity index (χ3v) is 36.3. The van der Waals surface area contributed by atoms with E-state index in [1.807, 2.05) is 0 Å². The molecule has 2 N–H and O–H groups in total. The van der Waals surface area contributed by atoms with Crippen molar-refractivity contribution in [2.24, 2.45) is 0 Å². The van der Waals surface area contributed by atoms with Crippen LogP contribution in [-0.4, -0.2) is 75.0 Å². The monoisotopic (exact) mass is 855 g/mol. The second-order valence-corrected chi connectivity index (χ2v) is 40.0. The topological polar surface area (TPSA) is 105 Å². The van der Waals surface area contributed by atoms with E-state index in [0.717, 1.165) is 11.3 Å². The van der Waals surface area contributed by atoms with E-state index in [0.29, 0.717) is 27.9 Å². The van der Waals surface area contributed by atoms with Crippen molar-refractivity contribution in [1.29, 1.82) is 0 Å². The Morgan fingerprint density at radius 1 is 0.643 bits per heavy atom. The van der Waals surface area contributed by atoms with Crippen molar-refractivity contribution >= 4 is 33.8 Å². The second kappa shape index (κ2) is 17.4. The molecule has 5 atom stereocenters. The highest BCUT2D eigenvalue weighted by Gasteiger charge is 2.66. The highest BCUT2D eigenvalue weighted by Crippen LogP contribution is 2.56. The van der Waals surface area contributed by atoms with Gasteiger partial charge in [-0.15, -0.1) is 0 Å². The van der Waals surface area contributed by atoms with Gasteiger partial charge in [0.05, 0.1) is 18.8 Å². The zero-order valence-corrected chi connectivity index (χ0v) is 42.9. The number of aliphatic hydroxyl groups is 2. The fraction of sp³-hybridized carbons (Fsp3) is 0.860. The van der Waals surface area contributed by atoms with Crippen LogP contribution in [0.4, 0.5) is 0 Å². The molecule has 1 aromatic rings. The van der Waals surface area contributed by atoms with E-state index >= 15 is 0 Å². The van der Waals surface area contributed by atoms with E-state index in [1.165, 1.54) is 0 Å². The standard InChI is InChI=1S/C43H82O9Si4/c1-25(2)53(26(3)4,27(5)6)49-36-21-35-23-46-43(39(35)37(22-36)50-54(28(7)8,29(9)10)30(11)12)42(45)40(44)41-38(48-43)24-47-55(31(13)14,32(15)16)52-56(51-41,33(17)18)34(19)20/h21-22,25-34,38,40-42,44-45H,23-24H2,1-20H3/t38-,40+,41-,42-,43+/m1/s1. The van der Waals surface area contributed by atoms with Crippen LogP contribution in [-0.2, 0) is 34.8 Å². The number of rotatable bonds is 14. The first-order chi connectivity index (χ1) is 25.7. The Balaban J connectivity index is 1.99. The van der Waals surface area contributed by atoms with Gasteiger partial charge >= 0.3 is 17.1 Å². The number of ether oxygens (including phenoxy) is 2. The maximum absolute atomic E-state index is 12.5. The van der Waals surface area contributed by atoms with E-state index in [-0.39, 0.29) is 52.0 Å². The third kappa shape index (κ3) is 7.77. The van der Waals surface area contributed by atoms with Crippen LogP contribution < -0.4 is 8.85 Å². The molecule has 3 heterocycles. The first-order valence-corrected chi connectivity index (χ1v) is 30.2. The van der Waals surface area contributed by atoms with Crippen LogP contribution in [0.25, 0.3) is 0 Å². The van der Waals surface area contributed by atoms with Gasteiger partial charge in [0.25, 0.3) is 16.6 Å². The van der Waals surface area contributed by atoms with Crippen LogP contribution in [0.2, 0.25) is 55.4 Å². The van der Waals surface area contributed by atoms with Crippen LogP contribution in [0.1, 0.15) is 150 Å². The molecule has 0 amide bonds. The summed E-state index contributed by atoms with van der Waals surface area (Å²) in [7, 11) is -11.0. The van der Waals surface area contributed by atoms with E-state index in [9.17, 15) is 10.2 Å². The lowest BCUT2D eigenvalue weighted by Gasteiger charge is -2.56. The molecule has 56 heavy (non-hydrogen) atoms. The molecule has 9 nitrogen and oxygen atoms in total. The van der Waals surface area contributed by atoms with Crippen molar-refractivity contribution < 1.29 is 41.5 Å². The molecule has 3 aliphatic heterocycles. The van der Waals surface area contributed by atoms with Crippen molar-refractivity contribution in [3.05, 3.63) is 23.3 Å². The van der Waals surface area contributed by atoms with Gasteiger partial charge in [-0.25, -0.2) is 0 Å². The van der Waals surface area contributed by atoms with Crippen LogP contribution in [0.3, 0.4) is 0 Å². The number of hydrogen-bond donors (Lipinski definition) is 2. The molecule has 0 unspecified atom stereocenters. The van der Waals surface area contributed by atoms with Gasteiger partial charge in [0.1, 0.15) is 35.9 Å². The largest absolute Gasteiger partial charge is 0.543 e. The predicted octanol–water partition coefficient (Wildman–Crippen LogP) is 11.6. The SMILES string of the molecule is CC(C)[Si]1(C(C)C)OC[C@H]2O[C@]3(OCc4cc(O[Si](C(C)C)(C(C)C)C(C)C)cc(O[Si](C(C)C)(C(C)C)C(C)C)c43)[C@H](O)[C@@H](O)[C@@H]2O[Si](C(C)C)(C(C)C)O1. The molecule has 2 fully saturated rings. The molecule has 0 saturated carbocycles. The van der Waals surface area contributed by atoms with Crippen molar-refractivity contribution in [3.63, 3.8) is 0 Å². The Morgan fingerprint density at radius 3 is 1.52 bits per heavy atom. The van der Waals surface area contributed by atoms with Gasteiger partial charge in [-0.1, -0.05) is 138 Å². The van der Waals surface area contributed by atoms with Crippen LogP contribution in [0.5, 0.6) is 11.5 Å². The number of aliphatic hydroxyl groups excluding tert-OH is 2. The van der Waals surface area contributed by atoms with E-state index in [1.54, 1.807) is 0 Å². The minimum absolute atomic E-state index is 0.0516. The molecule has 0 aromatic heterocycles. The van der Waals surface area contributed by atoms with Gasteiger partial charge in [0, 0.05) is 6.07 Å². The zero-order valence-electron chi connectivity index (χ0n) is 38.9. The summed E-state index contributed by atoms with van der Waals surface area (Å²) in [6, 6.07) is 4.13. The van der Waals surface area contributed by atoms with Gasteiger partial charge < -0.3 is 41.5 Å². The minimum atomic E-state index is -3.11. The Kier molecular flexibility index (Phi) is 14.9. The molecule has 1 spiro atoms. The van der Waals surface area contributed by atoms with Gasteiger partial charge in [-0.05, 0) is 67.0 Å². The summed E-state index contributed by atoms with van der Waals surface area (Å²) >= 11 is 0. The van der Waals surface area contributed by atoms with E-state index in [4.69, 9.17) is 31.3 Å². The molecule has 0 bridgehead atoms. The molecule has 3 aliphatic rings. The molecule has 0 aliphatic carbocycles. The second-order valence-electron chi connectivity index (χ2n) is 20.4. The number of benzene rings is 1.